The largest absolute Gasteiger partial charge is 0.393 e. The van der Waals surface area contributed by atoms with Crippen LogP contribution in [0.3, 0.4) is 0 Å². The van der Waals surface area contributed by atoms with Gasteiger partial charge in [0.2, 0.25) is 0 Å². The molecule has 16 heavy (non-hydrogen) atoms. The van der Waals surface area contributed by atoms with Crippen LogP contribution in [0.4, 0.5) is 0 Å². The normalized spacial score (nSPS) is 50.2. The maximum atomic E-state index is 10.2. The number of aliphatic hydroxyl groups excluding tert-OH is 2. The molecule has 3 unspecified atom stereocenters. The summed E-state index contributed by atoms with van der Waals surface area (Å²) in [4.78, 5) is 0. The summed E-state index contributed by atoms with van der Waals surface area (Å²) in [5.74, 6) is 2.41. The summed E-state index contributed by atoms with van der Waals surface area (Å²) in [6, 6.07) is 0. The quantitative estimate of drug-likeness (QED) is 0.721. The fraction of sp³-hybridized carbons (Fsp3) is 1.00. The third kappa shape index (κ3) is 2.60. The van der Waals surface area contributed by atoms with Gasteiger partial charge in [0.15, 0.2) is 0 Å². The second-order valence-electron chi connectivity index (χ2n) is 6.26. The highest BCUT2D eigenvalue weighted by atomic mass is 16.3. The number of aliphatic hydroxyl groups is 2. The van der Waals surface area contributed by atoms with Crippen molar-refractivity contribution in [3.05, 3.63) is 0 Å². The molecule has 2 nitrogen and oxygen atoms in total. The molecule has 2 aliphatic rings. The Balaban J connectivity index is 2.02. The van der Waals surface area contributed by atoms with Gasteiger partial charge in [-0.2, -0.15) is 0 Å². The Bertz CT molecular complexity index is 205. The van der Waals surface area contributed by atoms with Crippen LogP contribution in [0.2, 0.25) is 0 Å². The summed E-state index contributed by atoms with van der Waals surface area (Å²) in [5, 5.41) is 20.0. The fourth-order valence-electron chi connectivity index (χ4n) is 3.80. The number of hydrogen-bond donors (Lipinski definition) is 2. The molecule has 6 atom stereocenters. The molecule has 0 bridgehead atoms. The van der Waals surface area contributed by atoms with Gasteiger partial charge in [0.25, 0.3) is 0 Å². The molecular weight excluding hydrogens is 200 g/mol. The van der Waals surface area contributed by atoms with Gasteiger partial charge in [-0.15, -0.1) is 0 Å². The van der Waals surface area contributed by atoms with E-state index in [0.29, 0.717) is 17.8 Å². The van der Waals surface area contributed by atoms with Gasteiger partial charge < -0.3 is 10.2 Å². The molecule has 2 fully saturated rings. The maximum Gasteiger partial charge on any atom is 0.0571 e. The Morgan fingerprint density at radius 3 is 2.31 bits per heavy atom. The van der Waals surface area contributed by atoms with Crippen LogP contribution in [-0.2, 0) is 0 Å². The minimum Gasteiger partial charge on any atom is -0.393 e. The van der Waals surface area contributed by atoms with E-state index in [1.54, 1.807) is 0 Å². The van der Waals surface area contributed by atoms with Gasteiger partial charge >= 0.3 is 0 Å². The number of rotatable bonds is 1. The molecule has 0 aromatic rings. The zero-order valence-electron chi connectivity index (χ0n) is 10.6. The van der Waals surface area contributed by atoms with Crippen molar-refractivity contribution in [3.8, 4) is 0 Å². The van der Waals surface area contributed by atoms with Crippen LogP contribution in [-0.4, -0.2) is 22.4 Å². The van der Waals surface area contributed by atoms with Crippen LogP contribution in [0, 0.1) is 23.7 Å². The first kappa shape index (κ1) is 12.4. The zero-order chi connectivity index (χ0) is 11.7. The molecule has 0 saturated heterocycles. The van der Waals surface area contributed by atoms with Crippen LogP contribution in [0.1, 0.15) is 52.4 Å². The van der Waals surface area contributed by atoms with E-state index in [4.69, 9.17) is 0 Å². The average molecular weight is 226 g/mol. The second kappa shape index (κ2) is 5.05. The predicted octanol–water partition coefficient (Wildman–Crippen LogP) is 2.58. The fourth-order valence-corrected chi connectivity index (χ4v) is 3.80. The summed E-state index contributed by atoms with van der Waals surface area (Å²) in [6.07, 6.45) is 6.05. The van der Waals surface area contributed by atoms with Gasteiger partial charge in [-0.1, -0.05) is 13.8 Å². The van der Waals surface area contributed by atoms with Gasteiger partial charge in [0.1, 0.15) is 0 Å². The first-order valence-corrected chi connectivity index (χ1v) is 6.94. The zero-order valence-corrected chi connectivity index (χ0v) is 10.6. The lowest BCUT2D eigenvalue weighted by atomic mass is 9.65. The summed E-state index contributed by atoms with van der Waals surface area (Å²) in [5.41, 5.74) is 0. The highest BCUT2D eigenvalue weighted by Gasteiger charge is 2.38. The first-order chi connectivity index (χ1) is 7.58. The molecule has 2 rings (SSSR count). The molecule has 0 spiro atoms. The standard InChI is InChI=1S/C14H26O2/c1-9-3-6-14(16)13(7-9)12-8-11(15)5-4-10(12)2/h9-16H,3-8H2,1-2H3/t9-,10+,11+,12?,13?,14?/m1/s1. The van der Waals surface area contributed by atoms with Crippen LogP contribution < -0.4 is 0 Å². The predicted molar refractivity (Wildman–Crippen MR) is 65.0 cm³/mol. The summed E-state index contributed by atoms with van der Waals surface area (Å²) in [6.45, 7) is 4.59. The molecule has 0 aromatic carbocycles. The van der Waals surface area contributed by atoms with Crippen LogP contribution in [0.5, 0.6) is 0 Å². The van der Waals surface area contributed by atoms with Crippen LogP contribution in [0.15, 0.2) is 0 Å². The van der Waals surface area contributed by atoms with Gasteiger partial charge in [-0.3, -0.25) is 0 Å². The third-order valence-electron chi connectivity index (χ3n) is 4.90. The Kier molecular flexibility index (Phi) is 3.91. The second-order valence-corrected chi connectivity index (χ2v) is 6.26. The first-order valence-electron chi connectivity index (χ1n) is 6.94. The summed E-state index contributed by atoms with van der Waals surface area (Å²) >= 11 is 0. The maximum absolute atomic E-state index is 10.2. The van der Waals surface area contributed by atoms with Gasteiger partial charge in [-0.25, -0.2) is 0 Å². The van der Waals surface area contributed by atoms with Crippen molar-refractivity contribution < 1.29 is 10.2 Å². The van der Waals surface area contributed by atoms with E-state index in [9.17, 15) is 10.2 Å². The monoisotopic (exact) mass is 226 g/mol. The molecule has 0 heterocycles. The van der Waals surface area contributed by atoms with E-state index in [1.165, 1.54) is 6.42 Å². The summed E-state index contributed by atoms with van der Waals surface area (Å²) in [7, 11) is 0. The Morgan fingerprint density at radius 1 is 0.812 bits per heavy atom. The molecule has 94 valence electrons. The van der Waals surface area contributed by atoms with Crippen molar-refractivity contribution in [2.45, 2.75) is 64.6 Å². The smallest absolute Gasteiger partial charge is 0.0571 e. The van der Waals surface area contributed by atoms with Crippen molar-refractivity contribution in [2.24, 2.45) is 23.7 Å². The molecule has 0 aliphatic heterocycles. The Morgan fingerprint density at radius 2 is 1.56 bits per heavy atom. The number of hydrogen-bond acceptors (Lipinski definition) is 2. The highest BCUT2D eigenvalue weighted by Crippen LogP contribution is 2.42. The van der Waals surface area contributed by atoms with Gasteiger partial charge in [-0.05, 0) is 62.2 Å². The topological polar surface area (TPSA) is 40.5 Å². The SMILES string of the molecule is C[C@@H]1CCC(O)C(C2C[C@@H](O)CC[C@@H]2C)C1. The average Bonchev–Trinajstić information content (AvgIpc) is 2.25. The van der Waals surface area contributed by atoms with Crippen molar-refractivity contribution >= 4 is 0 Å². The highest BCUT2D eigenvalue weighted by molar-refractivity contribution is 4.89. The molecule has 2 N–H and O–H groups in total. The van der Waals surface area contributed by atoms with Crippen molar-refractivity contribution in [2.75, 3.05) is 0 Å². The minimum absolute atomic E-state index is 0.117. The molecule has 0 radical (unpaired) electrons. The van der Waals surface area contributed by atoms with E-state index in [1.807, 2.05) is 0 Å². The van der Waals surface area contributed by atoms with Crippen LogP contribution >= 0.6 is 0 Å². The molecule has 2 saturated carbocycles. The molecule has 2 heteroatoms. The molecule has 0 amide bonds. The van der Waals surface area contributed by atoms with Crippen molar-refractivity contribution in [1.82, 2.24) is 0 Å². The lowest BCUT2D eigenvalue weighted by molar-refractivity contribution is -0.0313. The molecule has 0 aromatic heterocycles. The molecular formula is C14H26O2. The minimum atomic E-state index is -0.120. The lowest BCUT2D eigenvalue weighted by Gasteiger charge is -2.43. The van der Waals surface area contributed by atoms with E-state index < -0.39 is 0 Å². The van der Waals surface area contributed by atoms with E-state index in [2.05, 4.69) is 13.8 Å². The van der Waals surface area contributed by atoms with Gasteiger partial charge in [0, 0.05) is 0 Å². The van der Waals surface area contributed by atoms with Crippen molar-refractivity contribution in [3.63, 3.8) is 0 Å². The Labute approximate surface area is 99.1 Å². The summed E-state index contributed by atoms with van der Waals surface area (Å²) < 4.78 is 0. The molecule has 2 aliphatic carbocycles. The van der Waals surface area contributed by atoms with E-state index in [-0.39, 0.29) is 12.2 Å². The van der Waals surface area contributed by atoms with E-state index in [0.717, 1.165) is 38.0 Å². The van der Waals surface area contributed by atoms with E-state index >= 15 is 0 Å². The third-order valence-corrected chi connectivity index (χ3v) is 4.90. The van der Waals surface area contributed by atoms with Crippen LogP contribution in [0.25, 0.3) is 0 Å². The Hall–Kier alpha value is -0.0800. The van der Waals surface area contributed by atoms with Crippen molar-refractivity contribution in [1.29, 1.82) is 0 Å². The van der Waals surface area contributed by atoms with Gasteiger partial charge in [0.05, 0.1) is 12.2 Å². The lowest BCUT2D eigenvalue weighted by Crippen LogP contribution is -2.40.